The Kier molecular flexibility index (Phi) is 13.1. The molecule has 0 bridgehead atoms. The van der Waals surface area contributed by atoms with Gasteiger partial charge in [0.1, 0.15) is 5.60 Å². The monoisotopic (exact) mass is 658 g/mol. The minimum atomic E-state index is -2.02. The zero-order chi connectivity index (χ0) is 34.3. The van der Waals surface area contributed by atoms with E-state index in [-0.39, 0.29) is 24.5 Å². The number of alkyl halides is 1. The van der Waals surface area contributed by atoms with Crippen molar-refractivity contribution in [3.8, 4) is 0 Å². The molecule has 4 aliphatic carbocycles. The van der Waals surface area contributed by atoms with E-state index < -0.39 is 58.4 Å². The van der Waals surface area contributed by atoms with Gasteiger partial charge in [-0.25, -0.2) is 4.39 Å². The topological polar surface area (TPSA) is 101 Å². The lowest BCUT2D eigenvalue weighted by Crippen LogP contribution is -2.69. The molecule has 4 rings (SSSR count). The smallest absolute Gasteiger partial charge is 0.306 e. The van der Waals surface area contributed by atoms with Gasteiger partial charge in [0.25, 0.3) is 0 Å². The van der Waals surface area contributed by atoms with Gasteiger partial charge in [0, 0.05) is 23.2 Å². The highest BCUT2D eigenvalue weighted by molar-refractivity contribution is 6.01. The van der Waals surface area contributed by atoms with E-state index in [0.717, 1.165) is 12.8 Å². The van der Waals surface area contributed by atoms with E-state index in [4.69, 9.17) is 4.74 Å². The molecule has 0 aromatic heterocycles. The molecule has 266 valence electrons. The number of carbonyl (C=O) groups is 3. The lowest BCUT2D eigenvalue weighted by Gasteiger charge is -2.62. The van der Waals surface area contributed by atoms with Crippen molar-refractivity contribution in [3.05, 3.63) is 23.8 Å². The van der Waals surface area contributed by atoms with Gasteiger partial charge in [0.15, 0.2) is 18.1 Å². The maximum Gasteiger partial charge on any atom is 0.306 e. The molecule has 7 heteroatoms. The van der Waals surface area contributed by atoms with Crippen LogP contribution in [0.1, 0.15) is 156 Å². The van der Waals surface area contributed by atoms with E-state index in [0.29, 0.717) is 31.3 Å². The number of aliphatic hydroxyl groups is 2. The van der Waals surface area contributed by atoms with Gasteiger partial charge in [-0.2, -0.15) is 0 Å². The Morgan fingerprint density at radius 1 is 0.915 bits per heavy atom. The minimum Gasteiger partial charge on any atom is -0.458 e. The summed E-state index contributed by atoms with van der Waals surface area (Å²) in [5.41, 5.74) is -5.36. The van der Waals surface area contributed by atoms with E-state index in [1.165, 1.54) is 89.2 Å². The first-order valence-electron chi connectivity index (χ1n) is 19.1. The summed E-state index contributed by atoms with van der Waals surface area (Å²) in [6, 6.07) is 0. The molecular weight excluding hydrogens is 595 g/mol. The highest BCUT2D eigenvalue weighted by atomic mass is 19.1. The number of fused-ring (bicyclic) bond motifs is 5. The average molecular weight is 659 g/mol. The van der Waals surface area contributed by atoms with Gasteiger partial charge in [-0.3, -0.25) is 14.4 Å². The summed E-state index contributed by atoms with van der Waals surface area (Å²) in [5.74, 6) is -2.59. The predicted molar refractivity (Wildman–Crippen MR) is 183 cm³/mol. The van der Waals surface area contributed by atoms with E-state index in [1.807, 2.05) is 0 Å². The van der Waals surface area contributed by atoms with E-state index in [9.17, 15) is 24.6 Å². The Morgan fingerprint density at radius 3 is 2.04 bits per heavy atom. The highest BCUT2D eigenvalue weighted by Crippen LogP contribution is 2.70. The van der Waals surface area contributed by atoms with Crippen LogP contribution in [-0.2, 0) is 19.1 Å². The van der Waals surface area contributed by atoms with E-state index in [2.05, 4.69) is 6.92 Å². The van der Waals surface area contributed by atoms with E-state index in [1.54, 1.807) is 26.8 Å². The van der Waals surface area contributed by atoms with Crippen molar-refractivity contribution in [2.45, 2.75) is 173 Å². The molecule has 0 unspecified atom stereocenters. The normalized spacial score (nSPS) is 36.0. The molecule has 0 aliphatic heterocycles. The van der Waals surface area contributed by atoms with Gasteiger partial charge >= 0.3 is 5.97 Å². The van der Waals surface area contributed by atoms with Crippen molar-refractivity contribution in [1.82, 2.24) is 0 Å². The fourth-order valence-corrected chi connectivity index (χ4v) is 10.1. The third kappa shape index (κ3) is 7.51. The number of Topliss-reactive ketones (excluding diaryl/α,β-unsaturated/α-hetero) is 1. The minimum absolute atomic E-state index is 0.0883. The summed E-state index contributed by atoms with van der Waals surface area (Å²) in [7, 11) is 0. The number of hydrogen-bond donors (Lipinski definition) is 2. The van der Waals surface area contributed by atoms with E-state index >= 15 is 4.39 Å². The molecule has 3 saturated carbocycles. The highest BCUT2D eigenvalue weighted by Gasteiger charge is 2.75. The molecule has 4 aliphatic rings. The Balaban J connectivity index is 1.19. The molecular formula is C40H63FO6. The Hall–Kier alpha value is -1.86. The first kappa shape index (κ1) is 38.0. The lowest BCUT2D eigenvalue weighted by molar-refractivity contribution is -0.220. The van der Waals surface area contributed by atoms with Gasteiger partial charge in [-0.1, -0.05) is 122 Å². The maximum absolute atomic E-state index is 17.3. The number of halogens is 1. The average Bonchev–Trinajstić information content (AvgIpc) is 3.24. The maximum atomic E-state index is 17.3. The van der Waals surface area contributed by atoms with Crippen LogP contribution in [0.15, 0.2) is 23.8 Å². The molecule has 0 amide bonds. The molecule has 6 nitrogen and oxygen atoms in total. The third-order valence-corrected chi connectivity index (χ3v) is 13.0. The standard InChI is InChI=1S/C40H63FO6/c1-5-6-7-8-9-10-11-12-13-14-15-16-17-18-19-20-36(45)47-28-35(44)40(46)29(2)25-33-32-22-21-30-26-31(42)23-24-37(30,3)39(32,41)34(43)27-38(33,40)4/h23-24,26,29,32-34,43,46H,5-22,25,27-28H2,1-4H3/t29-,32+,33+,34+,37+,38+,39+,40+/m1/s1. The van der Waals surface area contributed by atoms with Crippen molar-refractivity contribution >= 4 is 17.5 Å². The van der Waals surface area contributed by atoms with Crippen LogP contribution in [0.4, 0.5) is 4.39 Å². The van der Waals surface area contributed by atoms with Crippen LogP contribution >= 0.6 is 0 Å². The van der Waals surface area contributed by atoms with Crippen molar-refractivity contribution in [3.63, 3.8) is 0 Å². The number of carbonyl (C=O) groups excluding carboxylic acids is 3. The fraction of sp³-hybridized carbons (Fsp3) is 0.825. The number of unbranched alkanes of at least 4 members (excludes halogenated alkanes) is 14. The molecule has 8 atom stereocenters. The first-order valence-corrected chi connectivity index (χ1v) is 19.1. The second-order valence-corrected chi connectivity index (χ2v) is 16.0. The summed E-state index contributed by atoms with van der Waals surface area (Å²) >= 11 is 0. The van der Waals surface area contributed by atoms with Gasteiger partial charge in [-0.15, -0.1) is 0 Å². The van der Waals surface area contributed by atoms with Crippen LogP contribution in [0.3, 0.4) is 0 Å². The number of aliphatic hydroxyl groups excluding tert-OH is 1. The molecule has 0 saturated heterocycles. The summed E-state index contributed by atoms with van der Waals surface area (Å²) in [6.07, 6.45) is 23.2. The Morgan fingerprint density at radius 2 is 1.47 bits per heavy atom. The summed E-state index contributed by atoms with van der Waals surface area (Å²) in [4.78, 5) is 38.3. The van der Waals surface area contributed by atoms with Crippen LogP contribution in [-0.4, -0.2) is 51.7 Å². The molecule has 0 spiro atoms. The molecule has 2 N–H and O–H groups in total. The second-order valence-electron chi connectivity index (χ2n) is 16.0. The van der Waals surface area contributed by atoms with Crippen LogP contribution in [0.5, 0.6) is 0 Å². The summed E-state index contributed by atoms with van der Waals surface area (Å²) < 4.78 is 22.7. The second kappa shape index (κ2) is 16.2. The lowest BCUT2D eigenvalue weighted by atomic mass is 9.44. The zero-order valence-electron chi connectivity index (χ0n) is 29.8. The van der Waals surface area contributed by atoms with Crippen molar-refractivity contribution in [2.24, 2.45) is 28.6 Å². The van der Waals surface area contributed by atoms with Crippen LogP contribution in [0, 0.1) is 28.6 Å². The van der Waals surface area contributed by atoms with Gasteiger partial charge in [-0.05, 0) is 63.0 Å². The molecule has 0 aromatic rings. The molecule has 0 heterocycles. The summed E-state index contributed by atoms with van der Waals surface area (Å²) in [6.45, 7) is 7.10. The Bertz CT molecular complexity index is 1160. The first-order chi connectivity index (χ1) is 22.4. The van der Waals surface area contributed by atoms with Crippen LogP contribution in [0.2, 0.25) is 0 Å². The van der Waals surface area contributed by atoms with Crippen molar-refractivity contribution in [1.29, 1.82) is 0 Å². The van der Waals surface area contributed by atoms with Crippen molar-refractivity contribution < 1.29 is 33.7 Å². The molecule has 0 aromatic carbocycles. The molecule has 0 radical (unpaired) electrons. The quantitative estimate of drug-likeness (QED) is 0.106. The number of hydrogen-bond acceptors (Lipinski definition) is 6. The number of allylic oxidation sites excluding steroid dienone is 4. The number of ketones is 2. The number of rotatable bonds is 19. The number of ether oxygens (including phenoxy) is 1. The SMILES string of the molecule is CCCCCCCCCCCCCCCCCC(=O)OCC(=O)[C@@]1(O)[C@H](C)C[C@H]2[C@@H]3CCC4=CC(=O)C=C[C@]4(C)[C@@]3(F)[C@@H](O)C[C@@]21C. The Labute approximate surface area is 283 Å². The molecule has 47 heavy (non-hydrogen) atoms. The number of esters is 1. The zero-order valence-corrected chi connectivity index (χ0v) is 29.8. The van der Waals surface area contributed by atoms with Crippen molar-refractivity contribution in [2.75, 3.05) is 6.61 Å². The molecule has 3 fully saturated rings. The predicted octanol–water partition coefficient (Wildman–Crippen LogP) is 8.71. The van der Waals surface area contributed by atoms with Crippen LogP contribution < -0.4 is 0 Å². The van der Waals surface area contributed by atoms with Gasteiger partial charge in [0.05, 0.1) is 6.10 Å². The van der Waals surface area contributed by atoms with Crippen LogP contribution in [0.25, 0.3) is 0 Å². The van der Waals surface area contributed by atoms with Gasteiger partial charge < -0.3 is 14.9 Å². The summed E-state index contributed by atoms with van der Waals surface area (Å²) in [5, 5.41) is 23.6. The fourth-order valence-electron chi connectivity index (χ4n) is 10.1. The third-order valence-electron chi connectivity index (χ3n) is 13.0. The largest absolute Gasteiger partial charge is 0.458 e. The van der Waals surface area contributed by atoms with Gasteiger partial charge in [0.2, 0.25) is 5.78 Å².